The van der Waals surface area contributed by atoms with E-state index in [2.05, 4.69) is 10.6 Å². The van der Waals surface area contributed by atoms with Crippen molar-refractivity contribution in [3.8, 4) is 17.2 Å². The summed E-state index contributed by atoms with van der Waals surface area (Å²) in [6.07, 6.45) is 1.80. The average Bonchev–Trinajstić information content (AvgIpc) is 2.99. The summed E-state index contributed by atoms with van der Waals surface area (Å²) in [4.78, 5) is 37.4. The fourth-order valence-corrected chi connectivity index (χ4v) is 3.98. The number of nitrogens with one attached hydrogen (secondary N) is 2. The molecule has 9 heteroatoms. The maximum atomic E-state index is 13.3. The highest BCUT2D eigenvalue weighted by atomic mass is 35.5. The van der Waals surface area contributed by atoms with Crippen LogP contribution in [0.4, 0.5) is 0 Å². The molecular weight excluding hydrogens is 400 g/mol. The summed E-state index contributed by atoms with van der Waals surface area (Å²) < 4.78 is 16.5. The van der Waals surface area contributed by atoms with Gasteiger partial charge in [0, 0.05) is 43.8 Å². The third-order valence-electron chi connectivity index (χ3n) is 5.16. The molecule has 1 spiro atoms. The molecule has 3 rings (SSSR count). The lowest BCUT2D eigenvalue weighted by atomic mass is 9.74. The number of Topliss-reactive ketones (excluding diaryl/α,β-unsaturated/α-hetero) is 1. The Morgan fingerprint density at radius 3 is 2.55 bits per heavy atom. The van der Waals surface area contributed by atoms with Gasteiger partial charge in [-0.15, -0.1) is 0 Å². The van der Waals surface area contributed by atoms with Gasteiger partial charge in [-0.05, 0) is 6.42 Å². The van der Waals surface area contributed by atoms with Crippen molar-refractivity contribution in [2.45, 2.75) is 25.9 Å². The molecule has 2 atom stereocenters. The number of carbonyl (C=O) groups is 3. The first-order chi connectivity index (χ1) is 13.8. The summed E-state index contributed by atoms with van der Waals surface area (Å²) in [5, 5.41) is 5.91. The summed E-state index contributed by atoms with van der Waals surface area (Å²) in [6.45, 7) is 4.10. The summed E-state index contributed by atoms with van der Waals surface area (Å²) in [5.41, 5.74) is -0.857. The first-order valence-corrected chi connectivity index (χ1v) is 9.55. The van der Waals surface area contributed by atoms with Crippen LogP contribution in [-0.4, -0.2) is 50.4 Å². The predicted octanol–water partition coefficient (Wildman–Crippen LogP) is 1.89. The molecule has 0 saturated carbocycles. The number of amides is 1. The number of ether oxygens (including phenoxy) is 3. The van der Waals surface area contributed by atoms with E-state index in [0.717, 1.165) is 0 Å². The number of rotatable bonds is 6. The normalized spacial score (nSPS) is 22.7. The topological polar surface area (TPSA) is 103 Å². The van der Waals surface area contributed by atoms with Gasteiger partial charge in [0.15, 0.2) is 5.75 Å². The molecule has 0 aromatic heterocycles. The van der Waals surface area contributed by atoms with E-state index in [-0.39, 0.29) is 28.0 Å². The second-order valence-corrected chi connectivity index (χ2v) is 7.39. The number of hydrogen-bond donors (Lipinski definition) is 2. The van der Waals surface area contributed by atoms with Crippen LogP contribution in [0.25, 0.3) is 0 Å². The van der Waals surface area contributed by atoms with Gasteiger partial charge in [-0.2, -0.15) is 0 Å². The fraction of sp³-hybridized carbons (Fsp3) is 0.450. The molecule has 1 aromatic rings. The third kappa shape index (κ3) is 3.42. The molecule has 0 bridgehead atoms. The quantitative estimate of drug-likeness (QED) is 0.533. The van der Waals surface area contributed by atoms with Crippen molar-refractivity contribution in [3.63, 3.8) is 0 Å². The summed E-state index contributed by atoms with van der Waals surface area (Å²) >= 11 is 6.35. The molecule has 0 saturated heterocycles. The van der Waals surface area contributed by atoms with E-state index in [1.54, 1.807) is 6.92 Å². The molecule has 156 valence electrons. The number of methoxy groups -OCH3 is 2. The number of ketones is 2. The first kappa shape index (κ1) is 21.0. The molecule has 8 nitrogen and oxygen atoms in total. The van der Waals surface area contributed by atoms with Gasteiger partial charge in [0.05, 0.1) is 14.2 Å². The molecule has 1 amide bonds. The predicted molar refractivity (Wildman–Crippen MR) is 106 cm³/mol. The molecule has 29 heavy (non-hydrogen) atoms. The Morgan fingerprint density at radius 2 is 1.97 bits per heavy atom. The van der Waals surface area contributed by atoms with Crippen molar-refractivity contribution < 1.29 is 28.6 Å². The molecule has 2 aliphatic rings. The monoisotopic (exact) mass is 422 g/mol. The maximum absolute atomic E-state index is 13.3. The Morgan fingerprint density at radius 1 is 1.28 bits per heavy atom. The van der Waals surface area contributed by atoms with Crippen LogP contribution in [-0.2, 0) is 9.59 Å². The van der Waals surface area contributed by atoms with Gasteiger partial charge in [0.1, 0.15) is 22.1 Å². The van der Waals surface area contributed by atoms with E-state index >= 15 is 0 Å². The van der Waals surface area contributed by atoms with Crippen LogP contribution in [0.15, 0.2) is 17.8 Å². The lowest BCUT2D eigenvalue weighted by Crippen LogP contribution is -2.55. The molecular formula is C20H23ClN2O6. The minimum Gasteiger partial charge on any atom is -0.496 e. The molecule has 1 aliphatic heterocycles. The smallest absolute Gasteiger partial charge is 0.236 e. The number of benzene rings is 1. The van der Waals surface area contributed by atoms with Crippen molar-refractivity contribution in [3.05, 3.63) is 28.4 Å². The SMILES string of the molecule is COc1cc(OC)c2c(c1Cl)OC1(C(=O)C=C(NCCNC(C)=O)CC1C)C2=O. The summed E-state index contributed by atoms with van der Waals surface area (Å²) in [5.74, 6) is -0.878. The number of halogens is 1. The Balaban J connectivity index is 1.91. The van der Waals surface area contributed by atoms with Crippen LogP contribution >= 0.6 is 11.6 Å². The lowest BCUT2D eigenvalue weighted by Gasteiger charge is -2.35. The lowest BCUT2D eigenvalue weighted by molar-refractivity contribution is -0.129. The molecule has 0 fully saturated rings. The van der Waals surface area contributed by atoms with Crippen molar-refractivity contribution in [2.75, 3.05) is 27.3 Å². The van der Waals surface area contributed by atoms with Crippen LogP contribution < -0.4 is 24.8 Å². The minimum absolute atomic E-state index is 0.100. The van der Waals surface area contributed by atoms with Crippen molar-refractivity contribution in [1.29, 1.82) is 0 Å². The Hall–Kier alpha value is -2.74. The van der Waals surface area contributed by atoms with E-state index in [1.165, 1.54) is 33.3 Å². The second-order valence-electron chi connectivity index (χ2n) is 7.01. The van der Waals surface area contributed by atoms with E-state index in [1.807, 2.05) is 0 Å². The van der Waals surface area contributed by atoms with E-state index in [4.69, 9.17) is 25.8 Å². The third-order valence-corrected chi connectivity index (χ3v) is 5.52. The zero-order chi connectivity index (χ0) is 21.3. The maximum Gasteiger partial charge on any atom is 0.236 e. The van der Waals surface area contributed by atoms with Crippen molar-refractivity contribution in [1.82, 2.24) is 10.6 Å². The van der Waals surface area contributed by atoms with E-state index in [0.29, 0.717) is 31.0 Å². The number of carbonyl (C=O) groups excluding carboxylic acids is 3. The highest BCUT2D eigenvalue weighted by Gasteiger charge is 2.60. The van der Waals surface area contributed by atoms with Crippen molar-refractivity contribution in [2.24, 2.45) is 5.92 Å². The van der Waals surface area contributed by atoms with Crippen LogP contribution in [0.5, 0.6) is 17.2 Å². The molecule has 2 N–H and O–H groups in total. The van der Waals surface area contributed by atoms with E-state index in [9.17, 15) is 14.4 Å². The van der Waals surface area contributed by atoms with Gasteiger partial charge < -0.3 is 24.8 Å². The van der Waals surface area contributed by atoms with E-state index < -0.39 is 23.1 Å². The van der Waals surface area contributed by atoms with Gasteiger partial charge in [0.25, 0.3) is 0 Å². The van der Waals surface area contributed by atoms with Gasteiger partial charge in [-0.25, -0.2) is 0 Å². The van der Waals surface area contributed by atoms with Crippen LogP contribution in [0.1, 0.15) is 30.6 Å². The first-order valence-electron chi connectivity index (χ1n) is 9.17. The van der Waals surface area contributed by atoms with Crippen LogP contribution in [0, 0.1) is 5.92 Å². The molecule has 1 aliphatic carbocycles. The average molecular weight is 423 g/mol. The largest absolute Gasteiger partial charge is 0.496 e. The molecule has 0 radical (unpaired) electrons. The van der Waals surface area contributed by atoms with Crippen LogP contribution in [0.2, 0.25) is 5.02 Å². The van der Waals surface area contributed by atoms with Crippen molar-refractivity contribution >= 4 is 29.1 Å². The zero-order valence-corrected chi connectivity index (χ0v) is 17.4. The van der Waals surface area contributed by atoms with Gasteiger partial charge >= 0.3 is 0 Å². The van der Waals surface area contributed by atoms with Gasteiger partial charge in [-0.1, -0.05) is 18.5 Å². The van der Waals surface area contributed by atoms with Crippen LogP contribution in [0.3, 0.4) is 0 Å². The number of hydrogen-bond acceptors (Lipinski definition) is 7. The fourth-order valence-electron chi connectivity index (χ4n) is 3.71. The Bertz CT molecular complexity index is 913. The highest BCUT2D eigenvalue weighted by molar-refractivity contribution is 6.36. The summed E-state index contributed by atoms with van der Waals surface area (Å²) in [6, 6.07) is 1.50. The summed E-state index contributed by atoms with van der Waals surface area (Å²) in [7, 11) is 2.86. The molecule has 2 unspecified atom stereocenters. The van der Waals surface area contributed by atoms with Gasteiger partial charge in [-0.3, -0.25) is 14.4 Å². The second kappa shape index (κ2) is 7.94. The molecule has 1 heterocycles. The Kier molecular flexibility index (Phi) is 5.75. The zero-order valence-electron chi connectivity index (χ0n) is 16.7. The minimum atomic E-state index is -1.69. The highest BCUT2D eigenvalue weighted by Crippen LogP contribution is 2.52. The van der Waals surface area contributed by atoms with Gasteiger partial charge in [0.2, 0.25) is 23.1 Å². The molecule has 1 aromatic carbocycles. The number of allylic oxidation sites excluding steroid dienone is 1. The Labute approximate surface area is 173 Å². The number of fused-ring (bicyclic) bond motifs is 1. The standard InChI is InChI=1S/C20H23ClN2O6/c1-10-7-12(23-6-5-22-11(2)24)8-15(25)20(10)19(26)16-13(27-3)9-14(28-4)17(21)18(16)29-20/h8-10,23H,5-7H2,1-4H3,(H,22,24).